The quantitative estimate of drug-likeness (QED) is 0.501. The van der Waals surface area contributed by atoms with E-state index in [2.05, 4.69) is 50.3 Å². The van der Waals surface area contributed by atoms with Crippen LogP contribution < -0.4 is 0 Å². The minimum atomic E-state index is 0.813. The standard InChI is InChI=1S/C7H15I/c1-5(2)6(3)7(4)8/h5-7H,1-4H3. The molecule has 1 heteroatoms. The van der Waals surface area contributed by atoms with Gasteiger partial charge in [0.15, 0.2) is 0 Å². The maximum atomic E-state index is 2.48. The zero-order chi connectivity index (χ0) is 6.73. The zero-order valence-electron chi connectivity index (χ0n) is 6.11. The molecule has 0 heterocycles. The van der Waals surface area contributed by atoms with E-state index in [1.54, 1.807) is 0 Å². The largest absolute Gasteiger partial charge is 0.0826 e. The van der Waals surface area contributed by atoms with E-state index in [4.69, 9.17) is 0 Å². The summed E-state index contributed by atoms with van der Waals surface area (Å²) in [5.41, 5.74) is 0. The minimum absolute atomic E-state index is 0.813. The van der Waals surface area contributed by atoms with E-state index >= 15 is 0 Å². The minimum Gasteiger partial charge on any atom is -0.0826 e. The average molecular weight is 226 g/mol. The monoisotopic (exact) mass is 226 g/mol. The molecule has 0 radical (unpaired) electrons. The van der Waals surface area contributed by atoms with Crippen molar-refractivity contribution in [2.45, 2.75) is 31.6 Å². The summed E-state index contributed by atoms with van der Waals surface area (Å²) in [6.45, 7) is 9.13. The van der Waals surface area contributed by atoms with Crippen molar-refractivity contribution in [3.05, 3.63) is 0 Å². The van der Waals surface area contributed by atoms with Crippen LogP contribution in [0.25, 0.3) is 0 Å². The topological polar surface area (TPSA) is 0 Å². The fourth-order valence-electron chi connectivity index (χ4n) is 0.530. The van der Waals surface area contributed by atoms with Gasteiger partial charge in [-0.1, -0.05) is 50.3 Å². The number of hydrogen-bond donors (Lipinski definition) is 0. The molecule has 0 saturated carbocycles. The highest BCUT2D eigenvalue weighted by atomic mass is 127. The molecule has 0 saturated heterocycles. The lowest BCUT2D eigenvalue weighted by atomic mass is 9.96. The van der Waals surface area contributed by atoms with Crippen LogP contribution in [0.1, 0.15) is 27.7 Å². The molecule has 0 nitrogen and oxygen atoms in total. The van der Waals surface area contributed by atoms with E-state index in [0.717, 1.165) is 15.8 Å². The number of rotatable bonds is 2. The van der Waals surface area contributed by atoms with Crippen LogP contribution >= 0.6 is 22.6 Å². The Morgan fingerprint density at radius 2 is 1.38 bits per heavy atom. The molecule has 0 aliphatic rings. The van der Waals surface area contributed by atoms with E-state index in [0.29, 0.717) is 0 Å². The molecule has 50 valence electrons. The van der Waals surface area contributed by atoms with Crippen LogP contribution in [0, 0.1) is 11.8 Å². The summed E-state index contributed by atoms with van der Waals surface area (Å²) < 4.78 is 0.813. The molecule has 2 atom stereocenters. The summed E-state index contributed by atoms with van der Waals surface area (Å²) in [5.74, 6) is 1.69. The van der Waals surface area contributed by atoms with Gasteiger partial charge in [0.2, 0.25) is 0 Å². The maximum absolute atomic E-state index is 2.48. The third kappa shape index (κ3) is 2.90. The molecular weight excluding hydrogens is 211 g/mol. The second-order valence-electron chi connectivity index (χ2n) is 2.78. The van der Waals surface area contributed by atoms with E-state index < -0.39 is 0 Å². The van der Waals surface area contributed by atoms with Crippen LogP contribution in [0.5, 0.6) is 0 Å². The van der Waals surface area contributed by atoms with Gasteiger partial charge in [0.1, 0.15) is 0 Å². The third-order valence-electron chi connectivity index (χ3n) is 1.78. The lowest BCUT2D eigenvalue weighted by molar-refractivity contribution is 0.426. The maximum Gasteiger partial charge on any atom is 0.0109 e. The van der Waals surface area contributed by atoms with Gasteiger partial charge < -0.3 is 0 Å². The highest BCUT2D eigenvalue weighted by Crippen LogP contribution is 2.19. The third-order valence-corrected chi connectivity index (χ3v) is 2.91. The van der Waals surface area contributed by atoms with Crippen LogP contribution in [-0.4, -0.2) is 3.92 Å². The van der Waals surface area contributed by atoms with E-state index in [1.165, 1.54) is 0 Å². The highest BCUT2D eigenvalue weighted by Gasteiger charge is 2.11. The highest BCUT2D eigenvalue weighted by molar-refractivity contribution is 14.1. The number of halogens is 1. The Bertz CT molecular complexity index is 49.4. The van der Waals surface area contributed by atoms with Gasteiger partial charge in [-0.15, -0.1) is 0 Å². The molecule has 0 rings (SSSR count). The van der Waals surface area contributed by atoms with Crippen LogP contribution in [0.3, 0.4) is 0 Å². The first kappa shape index (κ1) is 8.73. The van der Waals surface area contributed by atoms with Crippen molar-refractivity contribution in [3.8, 4) is 0 Å². The smallest absolute Gasteiger partial charge is 0.0109 e. The first-order valence-corrected chi connectivity index (χ1v) is 4.44. The van der Waals surface area contributed by atoms with Crippen molar-refractivity contribution in [3.63, 3.8) is 0 Å². The average Bonchev–Trinajstić information content (AvgIpc) is 1.64. The molecule has 0 aromatic rings. The molecule has 0 aliphatic carbocycles. The predicted molar refractivity (Wildman–Crippen MR) is 47.5 cm³/mol. The van der Waals surface area contributed by atoms with Gasteiger partial charge in [-0.2, -0.15) is 0 Å². The first-order chi connectivity index (χ1) is 3.55. The first-order valence-electron chi connectivity index (χ1n) is 3.19. The van der Waals surface area contributed by atoms with Gasteiger partial charge in [0, 0.05) is 3.92 Å². The molecule has 0 aromatic carbocycles. The molecule has 0 aromatic heterocycles. The molecule has 0 N–H and O–H groups in total. The van der Waals surface area contributed by atoms with Gasteiger partial charge in [-0.25, -0.2) is 0 Å². The molecule has 0 fully saturated rings. The second kappa shape index (κ2) is 3.70. The Hall–Kier alpha value is 0.730. The van der Waals surface area contributed by atoms with Crippen molar-refractivity contribution in [1.29, 1.82) is 0 Å². The van der Waals surface area contributed by atoms with Gasteiger partial charge in [-0.3, -0.25) is 0 Å². The van der Waals surface area contributed by atoms with Crippen molar-refractivity contribution >= 4 is 22.6 Å². The molecule has 0 amide bonds. The summed E-state index contributed by atoms with van der Waals surface area (Å²) in [4.78, 5) is 0. The summed E-state index contributed by atoms with van der Waals surface area (Å²) in [6, 6.07) is 0. The van der Waals surface area contributed by atoms with Crippen molar-refractivity contribution in [2.75, 3.05) is 0 Å². The van der Waals surface area contributed by atoms with Gasteiger partial charge in [0.05, 0.1) is 0 Å². The Balaban J connectivity index is 3.46. The fourth-order valence-corrected chi connectivity index (χ4v) is 1.36. The number of hydrogen-bond acceptors (Lipinski definition) is 0. The van der Waals surface area contributed by atoms with E-state index in [9.17, 15) is 0 Å². The SMILES string of the molecule is CC(C)C(C)C(C)I. The Labute approximate surface area is 66.2 Å². The Morgan fingerprint density at radius 1 is 1.00 bits per heavy atom. The molecule has 0 aliphatic heterocycles. The van der Waals surface area contributed by atoms with Gasteiger partial charge >= 0.3 is 0 Å². The van der Waals surface area contributed by atoms with E-state index in [-0.39, 0.29) is 0 Å². The molecule has 0 spiro atoms. The van der Waals surface area contributed by atoms with Crippen LogP contribution in [0.2, 0.25) is 0 Å². The van der Waals surface area contributed by atoms with Gasteiger partial charge in [0.25, 0.3) is 0 Å². The Kier molecular flexibility index (Phi) is 4.04. The summed E-state index contributed by atoms with van der Waals surface area (Å²) >= 11 is 2.48. The molecule has 0 bridgehead atoms. The van der Waals surface area contributed by atoms with Crippen LogP contribution in [-0.2, 0) is 0 Å². The van der Waals surface area contributed by atoms with E-state index in [1.807, 2.05) is 0 Å². The Morgan fingerprint density at radius 3 is 1.38 bits per heavy atom. The number of alkyl halides is 1. The summed E-state index contributed by atoms with van der Waals surface area (Å²) in [6.07, 6.45) is 0. The second-order valence-corrected chi connectivity index (χ2v) is 4.75. The normalized spacial score (nSPS) is 18.8. The molecular formula is C7H15I. The van der Waals surface area contributed by atoms with Crippen molar-refractivity contribution in [1.82, 2.24) is 0 Å². The lowest BCUT2D eigenvalue weighted by Crippen LogP contribution is -2.12. The van der Waals surface area contributed by atoms with Crippen molar-refractivity contribution in [2.24, 2.45) is 11.8 Å². The zero-order valence-corrected chi connectivity index (χ0v) is 8.27. The van der Waals surface area contributed by atoms with Crippen LogP contribution in [0.4, 0.5) is 0 Å². The summed E-state index contributed by atoms with van der Waals surface area (Å²) in [7, 11) is 0. The van der Waals surface area contributed by atoms with Crippen LogP contribution in [0.15, 0.2) is 0 Å². The fraction of sp³-hybridized carbons (Fsp3) is 1.00. The predicted octanol–water partition coefficient (Wildman–Crippen LogP) is 3.10. The molecule has 8 heavy (non-hydrogen) atoms. The summed E-state index contributed by atoms with van der Waals surface area (Å²) in [5, 5.41) is 0. The lowest BCUT2D eigenvalue weighted by Gasteiger charge is -2.17. The molecule has 2 unspecified atom stereocenters. The van der Waals surface area contributed by atoms with Crippen molar-refractivity contribution < 1.29 is 0 Å². The van der Waals surface area contributed by atoms with Gasteiger partial charge in [-0.05, 0) is 11.8 Å².